The van der Waals surface area contributed by atoms with Crippen molar-refractivity contribution in [2.24, 2.45) is 0 Å². The highest BCUT2D eigenvalue weighted by atomic mass is 16.7. The van der Waals surface area contributed by atoms with Gasteiger partial charge in [-0.2, -0.15) is 0 Å². The number of hydrogen-bond acceptors (Lipinski definition) is 7. The van der Waals surface area contributed by atoms with Crippen LogP contribution in [0, 0.1) is 0 Å². The normalized spacial score (nSPS) is 30.8. The molecule has 0 unspecified atom stereocenters. The number of carboxylic acids is 1. The molecule has 25 heavy (non-hydrogen) atoms. The fourth-order valence-electron chi connectivity index (χ4n) is 2.75. The predicted octanol–water partition coefficient (Wildman–Crippen LogP) is -0.721. The topological polar surface area (TPSA) is 137 Å². The minimum absolute atomic E-state index is 0.304. The predicted molar refractivity (Wildman–Crippen MR) is 85.7 cm³/mol. The molecule has 1 heterocycles. The lowest BCUT2D eigenvalue weighted by Crippen LogP contribution is -2.59. The summed E-state index contributed by atoms with van der Waals surface area (Å²) in [6.07, 6.45) is -7.16. The van der Waals surface area contributed by atoms with Gasteiger partial charge in [-0.05, 0) is 18.4 Å². The highest BCUT2D eigenvalue weighted by molar-refractivity contribution is 5.67. The molecule has 0 saturated carbocycles. The van der Waals surface area contributed by atoms with Gasteiger partial charge in [0.25, 0.3) is 0 Å². The Balaban J connectivity index is 2.01. The maximum Gasteiger partial charge on any atom is 0.305 e. The Morgan fingerprint density at radius 2 is 1.80 bits per heavy atom. The number of aliphatic carboxylic acids is 1. The molecule has 8 nitrogen and oxygen atoms in total. The summed E-state index contributed by atoms with van der Waals surface area (Å²) in [5.41, 5.74) is 1.01. The number of hydrogen-bond donors (Lipinski definition) is 5. The van der Waals surface area contributed by atoms with Crippen molar-refractivity contribution in [1.82, 2.24) is 0 Å². The summed E-state index contributed by atoms with van der Waals surface area (Å²) in [4.78, 5) is 11.1. The van der Waals surface area contributed by atoms with Crippen molar-refractivity contribution in [3.63, 3.8) is 0 Å². The van der Waals surface area contributed by atoms with Crippen LogP contribution in [0.5, 0.6) is 0 Å². The second-order valence-corrected chi connectivity index (χ2v) is 6.08. The molecule has 1 aromatic rings. The second-order valence-electron chi connectivity index (χ2n) is 6.08. The second kappa shape index (κ2) is 9.23. The molecule has 2 rings (SSSR count). The minimum Gasteiger partial charge on any atom is -0.481 e. The molecule has 0 aliphatic carbocycles. The first-order chi connectivity index (χ1) is 11.9. The summed E-state index contributed by atoms with van der Waals surface area (Å²) in [7, 11) is 0. The molecule has 1 fully saturated rings. The largest absolute Gasteiger partial charge is 0.481 e. The van der Waals surface area contributed by atoms with Crippen LogP contribution in [0.25, 0.3) is 0 Å². The van der Waals surface area contributed by atoms with Gasteiger partial charge < -0.3 is 35.0 Å². The van der Waals surface area contributed by atoms with Crippen molar-refractivity contribution in [2.75, 3.05) is 6.61 Å². The average Bonchev–Trinajstić information content (AvgIpc) is 2.60. The summed E-state index contributed by atoms with van der Waals surface area (Å²) < 4.78 is 10.8. The smallest absolute Gasteiger partial charge is 0.305 e. The maximum absolute atomic E-state index is 11.1. The van der Waals surface area contributed by atoms with E-state index in [-0.39, 0.29) is 6.42 Å². The lowest BCUT2D eigenvalue weighted by atomic mass is 9.99. The number of benzene rings is 1. The van der Waals surface area contributed by atoms with E-state index in [1.807, 2.05) is 30.3 Å². The van der Waals surface area contributed by atoms with E-state index in [0.717, 1.165) is 5.56 Å². The molecule has 1 aliphatic rings. The first-order valence-electron chi connectivity index (χ1n) is 8.14. The highest BCUT2D eigenvalue weighted by Crippen LogP contribution is 2.24. The standard InChI is InChI=1S/C17H24O8/c18-9-12-14(21)15(22)16(23)17(25-12)24-11(8-13(19)20)7-6-10-4-2-1-3-5-10/h1-5,11-12,14-18,21-23H,6-9H2,(H,19,20)/t11-,12-,14+,15-,16-,17-/m0/s1. The van der Waals surface area contributed by atoms with E-state index in [9.17, 15) is 25.2 Å². The maximum atomic E-state index is 11.1. The molecule has 0 spiro atoms. The third-order valence-corrected chi connectivity index (χ3v) is 4.18. The number of rotatable bonds is 8. The van der Waals surface area contributed by atoms with Crippen LogP contribution < -0.4 is 0 Å². The zero-order chi connectivity index (χ0) is 18.4. The summed E-state index contributed by atoms with van der Waals surface area (Å²) >= 11 is 0. The van der Waals surface area contributed by atoms with Gasteiger partial charge in [0.15, 0.2) is 6.29 Å². The third-order valence-electron chi connectivity index (χ3n) is 4.18. The van der Waals surface area contributed by atoms with Crippen molar-refractivity contribution in [3.05, 3.63) is 35.9 Å². The fraction of sp³-hybridized carbons (Fsp3) is 0.588. The van der Waals surface area contributed by atoms with Gasteiger partial charge in [0, 0.05) is 0 Å². The van der Waals surface area contributed by atoms with Crippen LogP contribution in [0.3, 0.4) is 0 Å². The van der Waals surface area contributed by atoms with E-state index in [0.29, 0.717) is 12.8 Å². The SMILES string of the molecule is O=C(O)C[C@H](CCc1ccccc1)O[C@H]1O[C@@H](CO)[C@@H](O)[C@H](O)[C@@H]1O. The monoisotopic (exact) mass is 356 g/mol. The van der Waals surface area contributed by atoms with Crippen molar-refractivity contribution >= 4 is 5.97 Å². The quantitative estimate of drug-likeness (QED) is 0.412. The summed E-state index contributed by atoms with van der Waals surface area (Å²) in [6, 6.07) is 9.44. The Bertz CT molecular complexity index is 535. The minimum atomic E-state index is -1.56. The Kier molecular flexibility index (Phi) is 7.30. The summed E-state index contributed by atoms with van der Waals surface area (Å²) in [6.45, 7) is -0.571. The first-order valence-corrected chi connectivity index (χ1v) is 8.14. The van der Waals surface area contributed by atoms with Gasteiger partial charge in [-0.25, -0.2) is 0 Å². The van der Waals surface area contributed by atoms with E-state index < -0.39 is 49.4 Å². The van der Waals surface area contributed by atoms with E-state index in [2.05, 4.69) is 0 Å². The van der Waals surface area contributed by atoms with Crippen molar-refractivity contribution in [1.29, 1.82) is 0 Å². The van der Waals surface area contributed by atoms with Gasteiger partial charge in [0.05, 0.1) is 19.1 Å². The fourth-order valence-corrected chi connectivity index (χ4v) is 2.75. The Morgan fingerprint density at radius 1 is 1.12 bits per heavy atom. The van der Waals surface area contributed by atoms with Crippen molar-refractivity contribution in [3.8, 4) is 0 Å². The Morgan fingerprint density at radius 3 is 2.40 bits per heavy atom. The number of ether oxygens (including phenoxy) is 2. The van der Waals surface area contributed by atoms with Crippen LogP contribution in [0.1, 0.15) is 18.4 Å². The van der Waals surface area contributed by atoms with Crippen LogP contribution in [0.15, 0.2) is 30.3 Å². The number of aryl methyl sites for hydroxylation is 1. The van der Waals surface area contributed by atoms with Crippen LogP contribution in [-0.4, -0.2) is 74.9 Å². The molecule has 0 bridgehead atoms. The molecule has 8 heteroatoms. The molecule has 0 amide bonds. The molecular formula is C17H24O8. The van der Waals surface area contributed by atoms with E-state index in [4.69, 9.17) is 14.6 Å². The van der Waals surface area contributed by atoms with E-state index in [1.165, 1.54) is 0 Å². The van der Waals surface area contributed by atoms with Gasteiger partial charge >= 0.3 is 5.97 Å². The zero-order valence-corrected chi connectivity index (χ0v) is 13.6. The number of aliphatic hydroxyl groups excluding tert-OH is 4. The Labute approximate surface area is 145 Å². The molecule has 1 aliphatic heterocycles. The van der Waals surface area contributed by atoms with Crippen LogP contribution >= 0.6 is 0 Å². The summed E-state index contributed by atoms with van der Waals surface area (Å²) in [5, 5.41) is 47.8. The number of carboxylic acid groups (broad SMARTS) is 1. The lowest BCUT2D eigenvalue weighted by Gasteiger charge is -2.40. The van der Waals surface area contributed by atoms with Gasteiger partial charge in [-0.1, -0.05) is 30.3 Å². The molecule has 0 aromatic heterocycles. The first kappa shape index (κ1) is 19.8. The van der Waals surface area contributed by atoms with Gasteiger partial charge in [-0.3, -0.25) is 4.79 Å². The van der Waals surface area contributed by atoms with Crippen molar-refractivity contribution < 1.29 is 39.8 Å². The van der Waals surface area contributed by atoms with Crippen LogP contribution in [0.2, 0.25) is 0 Å². The summed E-state index contributed by atoms with van der Waals surface area (Å²) in [5.74, 6) is -1.07. The molecule has 5 N–H and O–H groups in total. The number of aliphatic hydroxyl groups is 4. The molecule has 1 saturated heterocycles. The molecular weight excluding hydrogens is 332 g/mol. The van der Waals surface area contributed by atoms with Crippen LogP contribution in [0.4, 0.5) is 0 Å². The van der Waals surface area contributed by atoms with E-state index >= 15 is 0 Å². The van der Waals surface area contributed by atoms with Gasteiger partial charge in [0.2, 0.25) is 0 Å². The molecule has 140 valence electrons. The molecule has 1 aromatic carbocycles. The average molecular weight is 356 g/mol. The highest BCUT2D eigenvalue weighted by Gasteiger charge is 2.44. The number of carbonyl (C=O) groups is 1. The third kappa shape index (κ3) is 5.46. The molecule has 6 atom stereocenters. The van der Waals surface area contributed by atoms with Crippen LogP contribution in [-0.2, 0) is 20.7 Å². The Hall–Kier alpha value is -1.55. The molecule has 0 radical (unpaired) electrons. The van der Waals surface area contributed by atoms with Gasteiger partial charge in [-0.15, -0.1) is 0 Å². The van der Waals surface area contributed by atoms with Crippen molar-refractivity contribution in [2.45, 2.75) is 56.1 Å². The lowest BCUT2D eigenvalue weighted by molar-refractivity contribution is -0.311. The zero-order valence-electron chi connectivity index (χ0n) is 13.6. The van der Waals surface area contributed by atoms with E-state index in [1.54, 1.807) is 0 Å². The van der Waals surface area contributed by atoms with Gasteiger partial charge in [0.1, 0.15) is 24.4 Å².